The summed E-state index contributed by atoms with van der Waals surface area (Å²) in [4.78, 5) is 6.78. The second kappa shape index (κ2) is 11.1. The van der Waals surface area contributed by atoms with Gasteiger partial charge in [-0.25, -0.2) is 0 Å². The molecule has 2 N–H and O–H groups in total. The van der Waals surface area contributed by atoms with Gasteiger partial charge in [-0.1, -0.05) is 6.92 Å². The van der Waals surface area contributed by atoms with Gasteiger partial charge in [0.1, 0.15) is 0 Å². The maximum atomic E-state index is 4.52. The van der Waals surface area contributed by atoms with Crippen LogP contribution in [0, 0.1) is 0 Å². The van der Waals surface area contributed by atoms with Crippen LogP contribution in [0.2, 0.25) is 0 Å². The summed E-state index contributed by atoms with van der Waals surface area (Å²) in [5.41, 5.74) is 0. The summed E-state index contributed by atoms with van der Waals surface area (Å²) in [5.74, 6) is 2.04. The Balaban J connectivity index is 3.83. The number of thioether (sulfide) groups is 1. The molecule has 0 rings (SSSR count). The molecular formula is C11H26N4S. The molecule has 0 aromatic heterocycles. The Bertz CT molecular complexity index is 185. The minimum Gasteiger partial charge on any atom is -0.357 e. The molecule has 0 unspecified atom stereocenters. The predicted octanol–water partition coefficient (Wildman–Crippen LogP) is 0.856. The fourth-order valence-corrected chi connectivity index (χ4v) is 1.41. The van der Waals surface area contributed by atoms with Gasteiger partial charge in [-0.05, 0) is 26.8 Å². The fraction of sp³-hybridized carbons (Fsp3) is 0.909. The average Bonchev–Trinajstić information content (AvgIpc) is 2.29. The summed E-state index contributed by atoms with van der Waals surface area (Å²) in [5, 5.41) is 6.56. The van der Waals surface area contributed by atoms with Crippen LogP contribution < -0.4 is 10.6 Å². The molecule has 0 bridgehead atoms. The van der Waals surface area contributed by atoms with Crippen LogP contribution in [0.25, 0.3) is 0 Å². The van der Waals surface area contributed by atoms with E-state index < -0.39 is 0 Å². The summed E-state index contributed by atoms with van der Waals surface area (Å²) < 4.78 is 0. The molecule has 0 aromatic rings. The number of hydrogen-bond donors (Lipinski definition) is 2. The molecule has 0 saturated heterocycles. The molecule has 0 fully saturated rings. The van der Waals surface area contributed by atoms with Gasteiger partial charge in [0.25, 0.3) is 0 Å². The Labute approximate surface area is 104 Å². The van der Waals surface area contributed by atoms with Crippen molar-refractivity contribution in [2.45, 2.75) is 13.8 Å². The van der Waals surface area contributed by atoms with Crippen molar-refractivity contribution in [3.8, 4) is 0 Å². The molecule has 0 amide bonds. The first-order valence-electron chi connectivity index (χ1n) is 5.94. The third-order valence-corrected chi connectivity index (χ3v) is 2.85. The first kappa shape index (κ1) is 15.6. The summed E-state index contributed by atoms with van der Waals surface area (Å²) in [6.45, 7) is 9.06. The number of hydrogen-bond acceptors (Lipinski definition) is 3. The van der Waals surface area contributed by atoms with Crippen molar-refractivity contribution in [3.05, 3.63) is 0 Å². The first-order valence-corrected chi connectivity index (χ1v) is 7.33. The third kappa shape index (κ3) is 8.85. The van der Waals surface area contributed by atoms with Gasteiger partial charge >= 0.3 is 0 Å². The topological polar surface area (TPSA) is 39.7 Å². The van der Waals surface area contributed by atoms with Gasteiger partial charge < -0.3 is 15.5 Å². The highest BCUT2D eigenvalue weighted by atomic mass is 32.2. The zero-order chi connectivity index (χ0) is 12.2. The lowest BCUT2D eigenvalue weighted by atomic mass is 10.5. The number of nitrogens with zero attached hydrogens (tertiary/aromatic N) is 2. The molecule has 0 aliphatic carbocycles. The molecule has 0 spiro atoms. The summed E-state index contributed by atoms with van der Waals surface area (Å²) in [7, 11) is 2.11. The first-order chi connectivity index (χ1) is 7.74. The van der Waals surface area contributed by atoms with Crippen LogP contribution in [-0.2, 0) is 0 Å². The molecular weight excluding hydrogens is 220 g/mol. The molecule has 0 atom stereocenters. The second-order valence-electron chi connectivity index (χ2n) is 3.58. The van der Waals surface area contributed by atoms with Crippen molar-refractivity contribution in [1.29, 1.82) is 0 Å². The lowest BCUT2D eigenvalue weighted by Gasteiger charge is -2.13. The van der Waals surface area contributed by atoms with E-state index in [9.17, 15) is 0 Å². The Kier molecular flexibility index (Phi) is 10.8. The highest BCUT2D eigenvalue weighted by Gasteiger charge is 1.96. The summed E-state index contributed by atoms with van der Waals surface area (Å²) in [6, 6.07) is 0. The van der Waals surface area contributed by atoms with Gasteiger partial charge in [0.05, 0.1) is 6.54 Å². The van der Waals surface area contributed by atoms with Gasteiger partial charge in [0.2, 0.25) is 0 Å². The predicted molar refractivity (Wildman–Crippen MR) is 75.5 cm³/mol. The average molecular weight is 246 g/mol. The van der Waals surface area contributed by atoms with Gasteiger partial charge in [0, 0.05) is 25.4 Å². The largest absolute Gasteiger partial charge is 0.357 e. The van der Waals surface area contributed by atoms with E-state index in [2.05, 4.69) is 47.7 Å². The summed E-state index contributed by atoms with van der Waals surface area (Å²) >= 11 is 1.84. The van der Waals surface area contributed by atoms with Gasteiger partial charge in [-0.2, -0.15) is 11.8 Å². The van der Waals surface area contributed by atoms with Gasteiger partial charge in [0.15, 0.2) is 5.96 Å². The van der Waals surface area contributed by atoms with Crippen LogP contribution in [0.15, 0.2) is 4.99 Å². The lowest BCUT2D eigenvalue weighted by Crippen LogP contribution is -2.39. The standard InChI is InChI=1S/C11H26N4S/c1-5-12-11(14-8-10-16-4)13-7-9-15(3)6-2/h5-10H2,1-4H3,(H2,12,13,14). The number of aliphatic imine (C=N–C) groups is 1. The van der Waals surface area contributed by atoms with Crippen molar-refractivity contribution in [1.82, 2.24) is 15.5 Å². The quantitative estimate of drug-likeness (QED) is 0.378. The summed E-state index contributed by atoms with van der Waals surface area (Å²) in [6.07, 6.45) is 2.11. The van der Waals surface area contributed by atoms with E-state index in [1.165, 1.54) is 0 Å². The number of rotatable bonds is 8. The van der Waals surface area contributed by atoms with E-state index in [0.717, 1.165) is 44.4 Å². The second-order valence-corrected chi connectivity index (χ2v) is 4.56. The Hall–Kier alpha value is -0.420. The smallest absolute Gasteiger partial charge is 0.191 e. The molecule has 0 aliphatic heterocycles. The van der Waals surface area contributed by atoms with E-state index in [4.69, 9.17) is 0 Å². The highest BCUT2D eigenvalue weighted by Crippen LogP contribution is 1.87. The molecule has 0 saturated carbocycles. The maximum absolute atomic E-state index is 4.52. The monoisotopic (exact) mass is 246 g/mol. The SMILES string of the molecule is CCNC(=NCCN(C)CC)NCCSC. The lowest BCUT2D eigenvalue weighted by molar-refractivity contribution is 0.363. The number of guanidine groups is 1. The minimum absolute atomic E-state index is 0.846. The molecule has 96 valence electrons. The molecule has 5 heteroatoms. The van der Waals surface area contributed by atoms with Crippen molar-refractivity contribution >= 4 is 17.7 Å². The Morgan fingerprint density at radius 3 is 2.62 bits per heavy atom. The third-order valence-electron chi connectivity index (χ3n) is 2.23. The van der Waals surface area contributed by atoms with Crippen LogP contribution in [0.3, 0.4) is 0 Å². The van der Waals surface area contributed by atoms with Crippen molar-refractivity contribution in [3.63, 3.8) is 0 Å². The Morgan fingerprint density at radius 1 is 1.31 bits per heavy atom. The molecule has 0 radical (unpaired) electrons. The van der Waals surface area contributed by atoms with E-state index >= 15 is 0 Å². The Morgan fingerprint density at radius 2 is 2.06 bits per heavy atom. The zero-order valence-electron chi connectivity index (χ0n) is 11.0. The van der Waals surface area contributed by atoms with Crippen LogP contribution in [0.4, 0.5) is 0 Å². The van der Waals surface area contributed by atoms with E-state index in [1.54, 1.807) is 0 Å². The normalized spacial score (nSPS) is 11.9. The maximum Gasteiger partial charge on any atom is 0.191 e. The van der Waals surface area contributed by atoms with Gasteiger partial charge in [-0.15, -0.1) is 0 Å². The number of nitrogens with one attached hydrogen (secondary N) is 2. The van der Waals surface area contributed by atoms with E-state index in [1.807, 2.05) is 11.8 Å². The van der Waals surface area contributed by atoms with E-state index in [0.29, 0.717) is 0 Å². The fourth-order valence-electron chi connectivity index (χ4n) is 1.10. The van der Waals surface area contributed by atoms with Gasteiger partial charge in [-0.3, -0.25) is 4.99 Å². The van der Waals surface area contributed by atoms with Crippen LogP contribution in [-0.4, -0.2) is 62.6 Å². The van der Waals surface area contributed by atoms with Crippen molar-refractivity contribution < 1.29 is 0 Å². The highest BCUT2D eigenvalue weighted by molar-refractivity contribution is 7.98. The molecule has 4 nitrogen and oxygen atoms in total. The number of likely N-dealkylation sites (N-methyl/N-ethyl adjacent to an activating group) is 1. The molecule has 0 heterocycles. The van der Waals surface area contributed by atoms with Crippen LogP contribution >= 0.6 is 11.8 Å². The van der Waals surface area contributed by atoms with Crippen molar-refractivity contribution in [2.75, 3.05) is 51.8 Å². The molecule has 0 aliphatic rings. The molecule has 0 aromatic carbocycles. The van der Waals surface area contributed by atoms with E-state index in [-0.39, 0.29) is 0 Å². The van der Waals surface area contributed by atoms with Crippen molar-refractivity contribution in [2.24, 2.45) is 4.99 Å². The minimum atomic E-state index is 0.846. The molecule has 16 heavy (non-hydrogen) atoms. The zero-order valence-corrected chi connectivity index (χ0v) is 11.9. The van der Waals surface area contributed by atoms with Crippen LogP contribution in [0.1, 0.15) is 13.8 Å². The van der Waals surface area contributed by atoms with Crippen LogP contribution in [0.5, 0.6) is 0 Å².